The van der Waals surface area contributed by atoms with Gasteiger partial charge in [-0.1, -0.05) is 32.0 Å². The number of nitrogens with one attached hydrogen (secondary N) is 1. The standard InChI is InChI=1S/C16H26N2O2/c1-5-14(18-16(19)11(3)12(4)17)13-9-7-8-10-15(13)20-6-2/h7-12,14H,5-6,17H2,1-4H3,(H,18,19). The van der Waals surface area contributed by atoms with Gasteiger partial charge in [-0.25, -0.2) is 0 Å². The quantitative estimate of drug-likeness (QED) is 0.806. The first kappa shape index (κ1) is 16.5. The second-order valence-corrected chi connectivity index (χ2v) is 5.09. The molecule has 1 aromatic rings. The van der Waals surface area contributed by atoms with Crippen molar-refractivity contribution in [2.45, 2.75) is 46.2 Å². The van der Waals surface area contributed by atoms with E-state index in [9.17, 15) is 4.79 Å². The van der Waals surface area contributed by atoms with Crippen LogP contribution in [0.4, 0.5) is 0 Å². The molecule has 0 saturated heterocycles. The number of carbonyl (C=O) groups excluding carboxylic acids is 1. The summed E-state index contributed by atoms with van der Waals surface area (Å²) in [5, 5.41) is 3.06. The smallest absolute Gasteiger partial charge is 0.224 e. The maximum absolute atomic E-state index is 12.2. The lowest BCUT2D eigenvalue weighted by Crippen LogP contribution is -2.40. The number of hydrogen-bond acceptors (Lipinski definition) is 3. The molecule has 1 amide bonds. The summed E-state index contributed by atoms with van der Waals surface area (Å²) in [6.45, 7) is 8.30. The van der Waals surface area contributed by atoms with E-state index in [1.54, 1.807) is 0 Å². The first-order valence-corrected chi connectivity index (χ1v) is 7.28. The highest BCUT2D eigenvalue weighted by molar-refractivity contribution is 5.79. The minimum Gasteiger partial charge on any atom is -0.494 e. The van der Waals surface area contributed by atoms with Gasteiger partial charge in [-0.3, -0.25) is 4.79 Å². The topological polar surface area (TPSA) is 64.3 Å². The average molecular weight is 278 g/mol. The number of rotatable bonds is 7. The number of para-hydroxylation sites is 1. The Morgan fingerprint density at radius 1 is 1.30 bits per heavy atom. The number of hydrogen-bond donors (Lipinski definition) is 2. The first-order valence-electron chi connectivity index (χ1n) is 7.28. The molecule has 0 aliphatic carbocycles. The highest BCUT2D eigenvalue weighted by Crippen LogP contribution is 2.27. The van der Waals surface area contributed by atoms with Gasteiger partial charge in [0.05, 0.1) is 12.6 Å². The molecule has 3 atom stereocenters. The molecule has 4 nitrogen and oxygen atoms in total. The van der Waals surface area contributed by atoms with E-state index in [0.29, 0.717) is 6.61 Å². The third-order valence-electron chi connectivity index (χ3n) is 3.52. The van der Waals surface area contributed by atoms with Gasteiger partial charge in [0, 0.05) is 17.5 Å². The van der Waals surface area contributed by atoms with E-state index in [1.807, 2.05) is 52.0 Å². The third-order valence-corrected chi connectivity index (χ3v) is 3.52. The largest absolute Gasteiger partial charge is 0.494 e. The van der Waals surface area contributed by atoms with E-state index >= 15 is 0 Å². The Bertz CT molecular complexity index is 432. The molecular weight excluding hydrogens is 252 g/mol. The SMILES string of the molecule is CCOc1ccccc1C(CC)NC(=O)C(C)C(C)N. The van der Waals surface area contributed by atoms with Gasteiger partial charge in [-0.2, -0.15) is 0 Å². The summed E-state index contributed by atoms with van der Waals surface area (Å²) in [5.74, 6) is 0.608. The van der Waals surface area contributed by atoms with Crippen LogP contribution < -0.4 is 15.8 Å². The predicted octanol–water partition coefficient (Wildman–Crippen LogP) is 2.64. The second kappa shape index (κ2) is 7.90. The summed E-state index contributed by atoms with van der Waals surface area (Å²) in [7, 11) is 0. The van der Waals surface area contributed by atoms with Crippen LogP contribution in [0.5, 0.6) is 5.75 Å². The maximum atomic E-state index is 12.2. The number of carbonyl (C=O) groups is 1. The molecular formula is C16H26N2O2. The van der Waals surface area contributed by atoms with Crippen molar-refractivity contribution in [1.29, 1.82) is 0 Å². The molecule has 0 aliphatic heterocycles. The average Bonchev–Trinajstić information content (AvgIpc) is 2.44. The normalized spacial score (nSPS) is 15.2. The van der Waals surface area contributed by atoms with Gasteiger partial charge >= 0.3 is 0 Å². The van der Waals surface area contributed by atoms with Crippen molar-refractivity contribution < 1.29 is 9.53 Å². The number of ether oxygens (including phenoxy) is 1. The molecule has 0 heterocycles. The molecule has 0 aromatic heterocycles. The van der Waals surface area contributed by atoms with E-state index in [2.05, 4.69) is 5.32 Å². The van der Waals surface area contributed by atoms with Crippen LogP contribution in [-0.4, -0.2) is 18.6 Å². The van der Waals surface area contributed by atoms with Crippen molar-refractivity contribution in [3.8, 4) is 5.75 Å². The fraction of sp³-hybridized carbons (Fsp3) is 0.562. The first-order chi connectivity index (χ1) is 9.51. The maximum Gasteiger partial charge on any atom is 0.224 e. The Labute approximate surface area is 121 Å². The van der Waals surface area contributed by atoms with Crippen LogP contribution in [-0.2, 0) is 4.79 Å². The number of benzene rings is 1. The van der Waals surface area contributed by atoms with E-state index in [1.165, 1.54) is 0 Å². The number of amides is 1. The molecule has 3 unspecified atom stereocenters. The molecule has 0 saturated carbocycles. The van der Waals surface area contributed by atoms with Gasteiger partial charge in [0.25, 0.3) is 0 Å². The lowest BCUT2D eigenvalue weighted by molar-refractivity contribution is -0.125. The summed E-state index contributed by atoms with van der Waals surface area (Å²) in [6, 6.07) is 7.62. The minimum absolute atomic E-state index is 0.0156. The molecule has 20 heavy (non-hydrogen) atoms. The van der Waals surface area contributed by atoms with Gasteiger partial charge in [-0.15, -0.1) is 0 Å². The van der Waals surface area contributed by atoms with Crippen LogP contribution in [0.25, 0.3) is 0 Å². The molecule has 1 aromatic carbocycles. The summed E-state index contributed by atoms with van der Waals surface area (Å²) in [6.07, 6.45) is 0.807. The summed E-state index contributed by atoms with van der Waals surface area (Å²) < 4.78 is 5.63. The van der Waals surface area contributed by atoms with Crippen molar-refractivity contribution in [2.75, 3.05) is 6.61 Å². The van der Waals surface area contributed by atoms with Crippen LogP contribution in [0.15, 0.2) is 24.3 Å². The zero-order valence-corrected chi connectivity index (χ0v) is 12.8. The Morgan fingerprint density at radius 3 is 2.50 bits per heavy atom. The molecule has 3 N–H and O–H groups in total. The van der Waals surface area contributed by atoms with Gasteiger partial charge in [0.2, 0.25) is 5.91 Å². The van der Waals surface area contributed by atoms with Gasteiger partial charge in [0.15, 0.2) is 0 Å². The van der Waals surface area contributed by atoms with Gasteiger partial charge in [0.1, 0.15) is 5.75 Å². The summed E-state index contributed by atoms with van der Waals surface area (Å²) >= 11 is 0. The highest BCUT2D eigenvalue weighted by atomic mass is 16.5. The molecule has 112 valence electrons. The Balaban J connectivity index is 2.88. The zero-order valence-electron chi connectivity index (χ0n) is 12.8. The predicted molar refractivity (Wildman–Crippen MR) is 81.6 cm³/mol. The fourth-order valence-electron chi connectivity index (χ4n) is 2.00. The van der Waals surface area contributed by atoms with Crippen molar-refractivity contribution in [3.63, 3.8) is 0 Å². The molecule has 0 radical (unpaired) electrons. The number of nitrogens with two attached hydrogens (primary N) is 1. The van der Waals surface area contributed by atoms with Crippen molar-refractivity contribution >= 4 is 5.91 Å². The highest BCUT2D eigenvalue weighted by Gasteiger charge is 2.22. The molecule has 0 bridgehead atoms. The van der Waals surface area contributed by atoms with Crippen molar-refractivity contribution in [1.82, 2.24) is 5.32 Å². The monoisotopic (exact) mass is 278 g/mol. The Kier molecular flexibility index (Phi) is 6.52. The molecule has 1 rings (SSSR count). The lowest BCUT2D eigenvalue weighted by atomic mass is 9.99. The summed E-state index contributed by atoms with van der Waals surface area (Å²) in [4.78, 5) is 12.2. The minimum atomic E-state index is -0.205. The van der Waals surface area contributed by atoms with Gasteiger partial charge in [-0.05, 0) is 26.3 Å². The Morgan fingerprint density at radius 2 is 1.95 bits per heavy atom. The Hall–Kier alpha value is -1.55. The van der Waals surface area contributed by atoms with E-state index in [-0.39, 0.29) is 23.9 Å². The third kappa shape index (κ3) is 4.23. The van der Waals surface area contributed by atoms with E-state index in [0.717, 1.165) is 17.7 Å². The van der Waals surface area contributed by atoms with Crippen LogP contribution in [0.2, 0.25) is 0 Å². The molecule has 0 aliphatic rings. The van der Waals surface area contributed by atoms with E-state index < -0.39 is 0 Å². The van der Waals surface area contributed by atoms with E-state index in [4.69, 9.17) is 10.5 Å². The van der Waals surface area contributed by atoms with Crippen LogP contribution in [0, 0.1) is 5.92 Å². The molecule has 0 fully saturated rings. The lowest BCUT2D eigenvalue weighted by Gasteiger charge is -2.23. The van der Waals surface area contributed by atoms with Crippen LogP contribution in [0.3, 0.4) is 0 Å². The zero-order chi connectivity index (χ0) is 15.1. The second-order valence-electron chi connectivity index (χ2n) is 5.09. The van der Waals surface area contributed by atoms with Crippen molar-refractivity contribution in [3.05, 3.63) is 29.8 Å². The van der Waals surface area contributed by atoms with Crippen LogP contribution in [0.1, 0.15) is 45.7 Å². The summed E-state index contributed by atoms with van der Waals surface area (Å²) in [5.41, 5.74) is 6.80. The fourth-order valence-corrected chi connectivity index (χ4v) is 2.00. The molecule has 0 spiro atoms. The van der Waals surface area contributed by atoms with Crippen molar-refractivity contribution in [2.24, 2.45) is 11.7 Å². The van der Waals surface area contributed by atoms with Crippen LogP contribution >= 0.6 is 0 Å². The molecule has 4 heteroatoms. The van der Waals surface area contributed by atoms with Gasteiger partial charge < -0.3 is 15.8 Å².